The molecule has 14 heavy (non-hydrogen) atoms. The van der Waals surface area contributed by atoms with Gasteiger partial charge in [-0.05, 0) is 5.41 Å². The maximum atomic E-state index is 6.37. The van der Waals surface area contributed by atoms with Crippen molar-refractivity contribution in [3.63, 3.8) is 0 Å². The summed E-state index contributed by atoms with van der Waals surface area (Å²) in [5.41, 5.74) is -0.149. The van der Waals surface area contributed by atoms with Gasteiger partial charge in [0.1, 0.15) is 0 Å². The predicted molar refractivity (Wildman–Crippen MR) is 63.9 cm³/mol. The summed E-state index contributed by atoms with van der Waals surface area (Å²) in [4.78, 5) is 0. The van der Waals surface area contributed by atoms with Crippen LogP contribution in [0.4, 0.5) is 0 Å². The zero-order chi connectivity index (χ0) is 10.9. The molecule has 2 aliphatic rings. The summed E-state index contributed by atoms with van der Waals surface area (Å²) in [6, 6.07) is 0. The van der Waals surface area contributed by atoms with Crippen molar-refractivity contribution in [1.29, 1.82) is 0 Å². The molecule has 0 aromatic carbocycles. The third-order valence-electron chi connectivity index (χ3n) is 4.61. The van der Waals surface area contributed by atoms with Gasteiger partial charge in [0.05, 0.1) is 21.5 Å². The van der Waals surface area contributed by atoms with Crippen LogP contribution in [-0.2, 0) is 0 Å². The summed E-state index contributed by atoms with van der Waals surface area (Å²) in [7, 11) is 0. The van der Waals surface area contributed by atoms with Crippen LogP contribution in [0.3, 0.4) is 0 Å². The van der Waals surface area contributed by atoms with Gasteiger partial charge in [0.15, 0.2) is 0 Å². The van der Waals surface area contributed by atoms with Crippen molar-refractivity contribution in [2.45, 2.75) is 42.3 Å². The van der Waals surface area contributed by atoms with Gasteiger partial charge in [-0.2, -0.15) is 0 Å². The Balaban J connectivity index is 2.53. The lowest BCUT2D eigenvalue weighted by Gasteiger charge is -2.39. The van der Waals surface area contributed by atoms with Crippen LogP contribution >= 0.6 is 46.4 Å². The normalized spacial score (nSPS) is 60.6. The fourth-order valence-corrected chi connectivity index (χ4v) is 5.97. The van der Waals surface area contributed by atoms with Crippen molar-refractivity contribution in [2.75, 3.05) is 0 Å². The summed E-state index contributed by atoms with van der Waals surface area (Å²) < 4.78 is 0. The molecule has 0 saturated heterocycles. The number of alkyl halides is 4. The molecule has 4 heteroatoms. The standard InChI is InChI=1S/C10H14Cl4/c1-9(2)4-5(11)7(13)10(9,3)8(14)6(4)12/h4-8H,1-3H3. The topological polar surface area (TPSA) is 0 Å². The molecule has 2 rings (SSSR count). The van der Waals surface area contributed by atoms with E-state index in [2.05, 4.69) is 20.8 Å². The van der Waals surface area contributed by atoms with Crippen LogP contribution in [-0.4, -0.2) is 21.5 Å². The van der Waals surface area contributed by atoms with E-state index in [-0.39, 0.29) is 38.3 Å². The molecule has 0 N–H and O–H groups in total. The molecule has 4 unspecified atom stereocenters. The first-order chi connectivity index (χ1) is 6.26. The smallest absolute Gasteiger partial charge is 0.0576 e. The molecule has 0 spiro atoms. The first kappa shape index (κ1) is 11.6. The van der Waals surface area contributed by atoms with Gasteiger partial charge < -0.3 is 0 Å². The van der Waals surface area contributed by atoms with Crippen LogP contribution in [0, 0.1) is 16.7 Å². The van der Waals surface area contributed by atoms with Crippen molar-refractivity contribution in [3.05, 3.63) is 0 Å². The van der Waals surface area contributed by atoms with E-state index in [9.17, 15) is 0 Å². The van der Waals surface area contributed by atoms with Gasteiger partial charge in [-0.1, -0.05) is 20.8 Å². The summed E-state index contributed by atoms with van der Waals surface area (Å²) >= 11 is 25.4. The maximum absolute atomic E-state index is 6.37. The van der Waals surface area contributed by atoms with Gasteiger partial charge in [-0.15, -0.1) is 46.4 Å². The quantitative estimate of drug-likeness (QED) is 0.584. The number of fused-ring (bicyclic) bond motifs is 2. The largest absolute Gasteiger partial charge is 0.121 e. The van der Waals surface area contributed by atoms with Crippen LogP contribution in [0.1, 0.15) is 20.8 Å². The molecule has 82 valence electrons. The molecule has 0 aromatic rings. The fourth-order valence-electron chi connectivity index (χ4n) is 3.22. The Morgan fingerprint density at radius 1 is 0.786 bits per heavy atom. The van der Waals surface area contributed by atoms with Gasteiger partial charge in [-0.3, -0.25) is 0 Å². The van der Waals surface area contributed by atoms with E-state index in [0.717, 1.165) is 0 Å². The third-order valence-corrected chi connectivity index (χ3v) is 7.37. The molecule has 0 nitrogen and oxygen atoms in total. The van der Waals surface area contributed by atoms with Crippen molar-refractivity contribution in [2.24, 2.45) is 16.7 Å². The van der Waals surface area contributed by atoms with Gasteiger partial charge in [-0.25, -0.2) is 0 Å². The highest BCUT2D eigenvalue weighted by molar-refractivity contribution is 6.36. The van der Waals surface area contributed by atoms with Crippen molar-refractivity contribution < 1.29 is 0 Å². The van der Waals surface area contributed by atoms with Crippen LogP contribution < -0.4 is 0 Å². The first-order valence-electron chi connectivity index (χ1n) is 4.82. The minimum atomic E-state index is -0.167. The second-order valence-corrected chi connectivity index (χ2v) is 7.17. The maximum Gasteiger partial charge on any atom is 0.0576 e. The molecule has 0 radical (unpaired) electrons. The average molecular weight is 276 g/mol. The van der Waals surface area contributed by atoms with Crippen LogP contribution in [0.5, 0.6) is 0 Å². The molecule has 0 aromatic heterocycles. The molecule has 2 fully saturated rings. The van der Waals surface area contributed by atoms with Crippen molar-refractivity contribution in [1.82, 2.24) is 0 Å². The Kier molecular flexibility index (Phi) is 2.57. The molecule has 0 aliphatic heterocycles. The highest BCUT2D eigenvalue weighted by atomic mass is 35.5. The molecule has 0 heterocycles. The Hall–Kier alpha value is 1.16. The van der Waals surface area contributed by atoms with Gasteiger partial charge in [0.25, 0.3) is 0 Å². The van der Waals surface area contributed by atoms with Gasteiger partial charge in [0, 0.05) is 11.3 Å². The number of rotatable bonds is 0. The van der Waals surface area contributed by atoms with Crippen LogP contribution in [0.2, 0.25) is 0 Å². The minimum Gasteiger partial charge on any atom is -0.121 e. The monoisotopic (exact) mass is 274 g/mol. The van der Waals surface area contributed by atoms with Gasteiger partial charge >= 0.3 is 0 Å². The Morgan fingerprint density at radius 2 is 1.14 bits per heavy atom. The molecular weight excluding hydrogens is 262 g/mol. The summed E-state index contributed by atoms with van der Waals surface area (Å²) in [6.07, 6.45) is 0. The number of hydrogen-bond acceptors (Lipinski definition) is 0. The minimum absolute atomic E-state index is 0.0185. The molecule has 2 bridgehead atoms. The summed E-state index contributed by atoms with van der Waals surface area (Å²) in [6.45, 7) is 6.46. The van der Waals surface area contributed by atoms with Crippen LogP contribution in [0.15, 0.2) is 0 Å². The predicted octanol–water partition coefficient (Wildman–Crippen LogP) is 4.09. The molecular formula is C10H14Cl4. The van der Waals surface area contributed by atoms with Crippen molar-refractivity contribution >= 4 is 46.4 Å². The van der Waals surface area contributed by atoms with Crippen LogP contribution in [0.25, 0.3) is 0 Å². The molecule has 2 saturated carbocycles. The second-order valence-electron chi connectivity index (χ2n) is 5.22. The Labute approximate surface area is 105 Å². The SMILES string of the molecule is CC1(C)C2C(Cl)C(Cl)C1(C)C(Cl)C2Cl. The lowest BCUT2D eigenvalue weighted by atomic mass is 9.70. The Bertz CT molecular complexity index is 247. The van der Waals surface area contributed by atoms with E-state index in [1.807, 2.05) is 0 Å². The number of halogens is 4. The lowest BCUT2D eigenvalue weighted by molar-refractivity contribution is 0.158. The summed E-state index contributed by atoms with van der Waals surface area (Å²) in [5, 5.41) is -0.285. The average Bonchev–Trinajstić information content (AvgIpc) is 2.30. The zero-order valence-electron chi connectivity index (χ0n) is 8.40. The first-order valence-corrected chi connectivity index (χ1v) is 6.57. The van der Waals surface area contributed by atoms with E-state index < -0.39 is 0 Å². The van der Waals surface area contributed by atoms with E-state index in [1.54, 1.807) is 0 Å². The van der Waals surface area contributed by atoms with E-state index in [1.165, 1.54) is 0 Å². The fraction of sp³-hybridized carbons (Fsp3) is 1.00. The molecule has 2 aliphatic carbocycles. The van der Waals surface area contributed by atoms with E-state index >= 15 is 0 Å². The zero-order valence-corrected chi connectivity index (χ0v) is 11.4. The van der Waals surface area contributed by atoms with E-state index in [0.29, 0.717) is 0 Å². The van der Waals surface area contributed by atoms with E-state index in [4.69, 9.17) is 46.4 Å². The highest BCUT2D eigenvalue weighted by Gasteiger charge is 2.73. The molecule has 0 amide bonds. The lowest BCUT2D eigenvalue weighted by Crippen LogP contribution is -2.45. The second kappa shape index (κ2) is 3.09. The number of hydrogen-bond donors (Lipinski definition) is 0. The third kappa shape index (κ3) is 0.998. The highest BCUT2D eigenvalue weighted by Crippen LogP contribution is 2.70. The van der Waals surface area contributed by atoms with Crippen molar-refractivity contribution in [3.8, 4) is 0 Å². The summed E-state index contributed by atoms with van der Waals surface area (Å²) in [5.74, 6) is 0.209. The van der Waals surface area contributed by atoms with Gasteiger partial charge in [0.2, 0.25) is 0 Å². The Morgan fingerprint density at radius 3 is 1.36 bits per heavy atom. The molecule has 4 atom stereocenters.